The number of ether oxygens (including phenoxy) is 2. The molecule has 0 radical (unpaired) electrons. The summed E-state index contributed by atoms with van der Waals surface area (Å²) in [5.41, 5.74) is 5.90. The van der Waals surface area contributed by atoms with Gasteiger partial charge in [0.15, 0.2) is 0 Å². The van der Waals surface area contributed by atoms with Gasteiger partial charge in [-0.15, -0.1) is 0 Å². The molecule has 1 aromatic carbocycles. The molecule has 0 aliphatic carbocycles. The third-order valence-corrected chi connectivity index (χ3v) is 4.83. The monoisotopic (exact) mass is 313 g/mol. The van der Waals surface area contributed by atoms with Crippen molar-refractivity contribution in [1.82, 2.24) is 4.31 Å². The molecule has 8 heteroatoms. The molecule has 0 bridgehead atoms. The van der Waals surface area contributed by atoms with Gasteiger partial charge in [0.05, 0.1) is 25.5 Å². The number of nitrogens with two attached hydrogens (primary N) is 1. The minimum Gasteiger partial charge on any atom is -0.497 e. The first kappa shape index (κ1) is 17.2. The van der Waals surface area contributed by atoms with E-state index in [0.717, 1.165) is 0 Å². The lowest BCUT2D eigenvalue weighted by Gasteiger charge is -2.21. The quantitative estimate of drug-likeness (QED) is 0.713. The first-order valence-corrected chi connectivity index (χ1v) is 7.71. The zero-order chi connectivity index (χ0) is 15.9. The van der Waals surface area contributed by atoms with E-state index in [-0.39, 0.29) is 36.7 Å². The fraction of sp³-hybridized carbons (Fsp3) is 0.462. The summed E-state index contributed by atoms with van der Waals surface area (Å²) in [5.74, 6) is 0.479. The molecule has 2 N–H and O–H groups in total. The van der Waals surface area contributed by atoms with Gasteiger partial charge in [0.25, 0.3) is 0 Å². The summed E-state index contributed by atoms with van der Waals surface area (Å²) >= 11 is 0. The van der Waals surface area contributed by atoms with Crippen molar-refractivity contribution in [2.75, 3.05) is 39.6 Å². The van der Waals surface area contributed by atoms with Gasteiger partial charge < -0.3 is 15.2 Å². The summed E-state index contributed by atoms with van der Waals surface area (Å²) in [4.78, 5) is -0.00246. The lowest BCUT2D eigenvalue weighted by Crippen LogP contribution is -2.35. The van der Waals surface area contributed by atoms with Gasteiger partial charge in [-0.25, -0.2) is 8.42 Å². The van der Waals surface area contributed by atoms with Crippen molar-refractivity contribution in [3.8, 4) is 11.8 Å². The normalized spacial score (nSPS) is 11.3. The average Bonchev–Trinajstić information content (AvgIpc) is 2.46. The van der Waals surface area contributed by atoms with E-state index >= 15 is 0 Å². The molecule has 0 aliphatic heterocycles. The molecule has 116 valence electrons. The molecule has 0 aliphatic rings. The molecule has 1 aromatic rings. The molecule has 0 amide bonds. The van der Waals surface area contributed by atoms with Crippen molar-refractivity contribution in [3.05, 3.63) is 18.2 Å². The number of anilines is 1. The number of hydrogen-bond acceptors (Lipinski definition) is 6. The summed E-state index contributed by atoms with van der Waals surface area (Å²) in [5, 5.41) is 8.66. The number of benzene rings is 1. The number of rotatable bonds is 8. The van der Waals surface area contributed by atoms with E-state index in [4.69, 9.17) is 20.5 Å². The van der Waals surface area contributed by atoms with Crippen molar-refractivity contribution >= 4 is 15.7 Å². The van der Waals surface area contributed by atoms with E-state index < -0.39 is 10.0 Å². The molecule has 7 nitrogen and oxygen atoms in total. The summed E-state index contributed by atoms with van der Waals surface area (Å²) in [6.45, 7) is 0.486. The Morgan fingerprint density at radius 2 is 2.05 bits per heavy atom. The molecule has 1 rings (SSSR count). The number of nitrogens with zero attached hydrogens (tertiary/aromatic N) is 2. The Kier molecular flexibility index (Phi) is 6.42. The molecular formula is C13H19N3O4S. The molecule has 21 heavy (non-hydrogen) atoms. The average molecular weight is 313 g/mol. The minimum atomic E-state index is -3.78. The lowest BCUT2D eigenvalue weighted by atomic mass is 10.3. The Labute approximate surface area is 124 Å². The molecule has 0 heterocycles. The Bertz CT molecular complexity index is 610. The predicted octanol–water partition coefficient (Wildman–Crippen LogP) is 0.828. The van der Waals surface area contributed by atoms with Gasteiger partial charge in [-0.3, -0.25) is 0 Å². The van der Waals surface area contributed by atoms with Crippen molar-refractivity contribution in [1.29, 1.82) is 5.26 Å². The maximum atomic E-state index is 12.6. The number of nitrogen functional groups attached to an aromatic ring is 1. The van der Waals surface area contributed by atoms with Gasteiger partial charge in [-0.05, 0) is 12.1 Å². The van der Waals surface area contributed by atoms with Gasteiger partial charge in [0.1, 0.15) is 10.6 Å². The Balaban J connectivity index is 3.12. The zero-order valence-electron chi connectivity index (χ0n) is 12.1. The van der Waals surface area contributed by atoms with Gasteiger partial charge in [0.2, 0.25) is 10.0 Å². The van der Waals surface area contributed by atoms with E-state index in [0.29, 0.717) is 5.75 Å². The fourth-order valence-electron chi connectivity index (χ4n) is 1.75. The van der Waals surface area contributed by atoms with Crippen molar-refractivity contribution < 1.29 is 17.9 Å². The first-order chi connectivity index (χ1) is 9.97. The molecular weight excluding hydrogens is 294 g/mol. The third kappa shape index (κ3) is 4.32. The van der Waals surface area contributed by atoms with Crippen LogP contribution in [0.1, 0.15) is 6.42 Å². The molecule has 0 fully saturated rings. The predicted molar refractivity (Wildman–Crippen MR) is 78.3 cm³/mol. The fourth-order valence-corrected chi connectivity index (χ4v) is 3.27. The standard InChI is InChI=1S/C13H19N3O4S/c1-19-9-8-16(7-3-6-14)21(17,18)13-5-4-11(20-2)10-12(13)15/h4-5,10H,3,7-9,15H2,1-2H3. The van der Waals surface area contributed by atoms with Gasteiger partial charge in [-0.1, -0.05) is 0 Å². The number of hydrogen-bond donors (Lipinski definition) is 1. The van der Waals surface area contributed by atoms with E-state index in [2.05, 4.69) is 0 Å². The lowest BCUT2D eigenvalue weighted by molar-refractivity contribution is 0.179. The van der Waals surface area contributed by atoms with Crippen LogP contribution >= 0.6 is 0 Å². The van der Waals surface area contributed by atoms with Crippen LogP contribution in [0.15, 0.2) is 23.1 Å². The second-order valence-corrected chi connectivity index (χ2v) is 6.12. The SMILES string of the molecule is COCCN(CCC#N)S(=O)(=O)c1ccc(OC)cc1N. The Morgan fingerprint density at radius 3 is 2.57 bits per heavy atom. The highest BCUT2D eigenvalue weighted by atomic mass is 32.2. The minimum absolute atomic E-state index is 0.00246. The Hall–Kier alpha value is -1.82. The third-order valence-electron chi connectivity index (χ3n) is 2.85. The zero-order valence-corrected chi connectivity index (χ0v) is 12.9. The highest BCUT2D eigenvalue weighted by Crippen LogP contribution is 2.26. The maximum absolute atomic E-state index is 12.6. The van der Waals surface area contributed by atoms with Crippen molar-refractivity contribution in [2.24, 2.45) is 0 Å². The van der Waals surface area contributed by atoms with Crippen LogP contribution in [0.3, 0.4) is 0 Å². The number of sulfonamides is 1. The van der Waals surface area contributed by atoms with Crippen LogP contribution in [0.2, 0.25) is 0 Å². The maximum Gasteiger partial charge on any atom is 0.245 e. The van der Waals surface area contributed by atoms with Crippen LogP contribution in [0, 0.1) is 11.3 Å². The smallest absolute Gasteiger partial charge is 0.245 e. The van der Waals surface area contributed by atoms with Crippen LogP contribution in [-0.2, 0) is 14.8 Å². The van der Waals surface area contributed by atoms with E-state index in [1.807, 2.05) is 6.07 Å². The van der Waals surface area contributed by atoms with Crippen LogP contribution in [0.5, 0.6) is 5.75 Å². The summed E-state index contributed by atoms with van der Waals surface area (Å²) in [7, 11) is -0.824. The van der Waals surface area contributed by atoms with Crippen LogP contribution in [-0.4, -0.2) is 46.6 Å². The number of methoxy groups -OCH3 is 2. The van der Waals surface area contributed by atoms with Crippen molar-refractivity contribution in [3.63, 3.8) is 0 Å². The molecule has 0 atom stereocenters. The molecule has 0 spiro atoms. The highest BCUT2D eigenvalue weighted by molar-refractivity contribution is 7.89. The first-order valence-electron chi connectivity index (χ1n) is 6.27. The van der Waals surface area contributed by atoms with E-state index in [1.165, 1.54) is 36.7 Å². The van der Waals surface area contributed by atoms with Gasteiger partial charge in [-0.2, -0.15) is 9.57 Å². The highest BCUT2D eigenvalue weighted by Gasteiger charge is 2.26. The van der Waals surface area contributed by atoms with Gasteiger partial charge >= 0.3 is 0 Å². The van der Waals surface area contributed by atoms with Crippen molar-refractivity contribution in [2.45, 2.75) is 11.3 Å². The molecule has 0 saturated heterocycles. The van der Waals surface area contributed by atoms with Crippen LogP contribution < -0.4 is 10.5 Å². The van der Waals surface area contributed by atoms with E-state index in [1.54, 1.807) is 0 Å². The summed E-state index contributed by atoms with van der Waals surface area (Å²) in [6, 6.07) is 6.31. The summed E-state index contributed by atoms with van der Waals surface area (Å²) < 4.78 is 36.3. The summed E-state index contributed by atoms with van der Waals surface area (Å²) in [6.07, 6.45) is 0.0962. The van der Waals surface area contributed by atoms with Gasteiger partial charge in [0, 0.05) is 32.7 Å². The molecule has 0 unspecified atom stereocenters. The number of nitriles is 1. The van der Waals surface area contributed by atoms with E-state index in [9.17, 15) is 8.42 Å². The van der Waals surface area contributed by atoms with Crippen LogP contribution in [0.25, 0.3) is 0 Å². The second kappa shape index (κ2) is 7.83. The molecule has 0 saturated carbocycles. The Morgan fingerprint density at radius 1 is 1.33 bits per heavy atom. The van der Waals surface area contributed by atoms with Crippen LogP contribution in [0.4, 0.5) is 5.69 Å². The molecule has 0 aromatic heterocycles. The largest absolute Gasteiger partial charge is 0.497 e. The topological polar surface area (TPSA) is 106 Å². The second-order valence-electron chi connectivity index (χ2n) is 4.21.